The molecular formula is C12H13FN2O2S. The Bertz CT molecular complexity index is 553. The highest BCUT2D eigenvalue weighted by Gasteiger charge is 1.98. The third kappa shape index (κ3) is 3.96. The maximum atomic E-state index is 12.8. The van der Waals surface area contributed by atoms with Gasteiger partial charge in [0.15, 0.2) is 0 Å². The van der Waals surface area contributed by atoms with Crippen LogP contribution in [0.1, 0.15) is 5.69 Å². The van der Waals surface area contributed by atoms with Crippen molar-refractivity contribution in [2.75, 3.05) is 12.4 Å². The number of H-pyrrole nitrogens is 2. The Balaban J connectivity index is 1.66. The van der Waals surface area contributed by atoms with Gasteiger partial charge in [0.2, 0.25) is 0 Å². The maximum Gasteiger partial charge on any atom is 0.323 e. The predicted octanol–water partition coefficient (Wildman–Crippen LogP) is 2.15. The number of aromatic amines is 2. The van der Waals surface area contributed by atoms with E-state index in [2.05, 4.69) is 9.97 Å². The molecule has 2 aromatic rings. The molecule has 1 heterocycles. The molecule has 0 aliphatic rings. The van der Waals surface area contributed by atoms with Crippen LogP contribution in [0.5, 0.6) is 5.75 Å². The zero-order chi connectivity index (χ0) is 12.8. The molecule has 0 aliphatic heterocycles. The average Bonchev–Trinajstić information content (AvgIpc) is 2.75. The fourth-order valence-electron chi connectivity index (χ4n) is 1.41. The fraction of sp³-hybridized carbons (Fsp3) is 0.250. The van der Waals surface area contributed by atoms with Crippen molar-refractivity contribution in [2.45, 2.75) is 5.75 Å². The largest absolute Gasteiger partial charge is 0.493 e. The van der Waals surface area contributed by atoms with Crippen molar-refractivity contribution in [1.29, 1.82) is 0 Å². The van der Waals surface area contributed by atoms with Crippen molar-refractivity contribution < 1.29 is 9.13 Å². The Hall–Kier alpha value is -1.69. The van der Waals surface area contributed by atoms with Crippen LogP contribution in [-0.2, 0) is 5.75 Å². The number of imidazole rings is 1. The Morgan fingerprint density at radius 1 is 1.39 bits per heavy atom. The second-order valence-electron chi connectivity index (χ2n) is 3.63. The summed E-state index contributed by atoms with van der Waals surface area (Å²) in [6, 6.07) is 6.07. The Kier molecular flexibility index (Phi) is 4.46. The Morgan fingerprint density at radius 3 is 3.00 bits per heavy atom. The minimum atomic E-state index is -0.301. The molecule has 0 saturated carbocycles. The van der Waals surface area contributed by atoms with Crippen LogP contribution in [0, 0.1) is 5.82 Å². The first-order valence-corrected chi connectivity index (χ1v) is 6.62. The SMILES string of the molecule is O=c1[nH]cc(CSCCOc2cccc(F)c2)[nH]1. The van der Waals surface area contributed by atoms with Crippen LogP contribution in [0.3, 0.4) is 0 Å². The number of ether oxygens (including phenoxy) is 1. The van der Waals surface area contributed by atoms with Gasteiger partial charge in [-0.1, -0.05) is 6.07 Å². The molecular weight excluding hydrogens is 255 g/mol. The first-order chi connectivity index (χ1) is 8.74. The smallest absolute Gasteiger partial charge is 0.323 e. The van der Waals surface area contributed by atoms with Crippen LogP contribution in [0.25, 0.3) is 0 Å². The predicted molar refractivity (Wildman–Crippen MR) is 69.5 cm³/mol. The molecule has 1 aromatic carbocycles. The van der Waals surface area contributed by atoms with E-state index in [9.17, 15) is 9.18 Å². The lowest BCUT2D eigenvalue weighted by atomic mass is 10.3. The van der Waals surface area contributed by atoms with E-state index in [1.165, 1.54) is 12.1 Å². The highest BCUT2D eigenvalue weighted by Crippen LogP contribution is 2.13. The minimum absolute atomic E-state index is 0.193. The van der Waals surface area contributed by atoms with Gasteiger partial charge in [0, 0.05) is 29.5 Å². The Labute approximate surface area is 108 Å². The third-order valence-corrected chi connectivity index (χ3v) is 3.17. The van der Waals surface area contributed by atoms with Gasteiger partial charge in [-0.25, -0.2) is 9.18 Å². The van der Waals surface area contributed by atoms with Gasteiger partial charge in [-0.3, -0.25) is 0 Å². The van der Waals surface area contributed by atoms with E-state index in [0.717, 1.165) is 11.4 Å². The summed E-state index contributed by atoms with van der Waals surface area (Å²) < 4.78 is 18.2. The van der Waals surface area contributed by atoms with Crippen LogP contribution in [0.4, 0.5) is 4.39 Å². The number of nitrogens with one attached hydrogen (secondary N) is 2. The van der Waals surface area contributed by atoms with Gasteiger partial charge >= 0.3 is 5.69 Å². The molecule has 6 heteroatoms. The summed E-state index contributed by atoms with van der Waals surface area (Å²) in [6.07, 6.45) is 1.66. The van der Waals surface area contributed by atoms with Crippen molar-refractivity contribution in [3.63, 3.8) is 0 Å². The van der Waals surface area contributed by atoms with E-state index in [1.807, 2.05) is 0 Å². The molecule has 1 aromatic heterocycles. The zero-order valence-corrected chi connectivity index (χ0v) is 10.4. The normalized spacial score (nSPS) is 10.5. The third-order valence-electron chi connectivity index (χ3n) is 2.20. The molecule has 0 radical (unpaired) electrons. The number of benzene rings is 1. The minimum Gasteiger partial charge on any atom is -0.493 e. The summed E-state index contributed by atoms with van der Waals surface area (Å²) in [6.45, 7) is 0.503. The molecule has 2 rings (SSSR count). The number of aromatic nitrogens is 2. The molecule has 96 valence electrons. The quantitative estimate of drug-likeness (QED) is 0.789. The molecule has 0 atom stereocenters. The van der Waals surface area contributed by atoms with Gasteiger partial charge in [-0.05, 0) is 12.1 Å². The average molecular weight is 268 g/mol. The highest BCUT2D eigenvalue weighted by atomic mass is 32.2. The molecule has 0 spiro atoms. The summed E-state index contributed by atoms with van der Waals surface area (Å²) in [5, 5.41) is 0. The number of halogens is 1. The van der Waals surface area contributed by atoms with Crippen molar-refractivity contribution in [3.05, 3.63) is 52.5 Å². The molecule has 0 aliphatic carbocycles. The summed E-state index contributed by atoms with van der Waals surface area (Å²) >= 11 is 1.63. The van der Waals surface area contributed by atoms with E-state index in [1.54, 1.807) is 30.1 Å². The van der Waals surface area contributed by atoms with E-state index in [-0.39, 0.29) is 11.5 Å². The molecule has 0 fully saturated rings. The van der Waals surface area contributed by atoms with Crippen LogP contribution < -0.4 is 10.4 Å². The molecule has 0 amide bonds. The number of thioether (sulfide) groups is 1. The van der Waals surface area contributed by atoms with Crippen LogP contribution in [0.2, 0.25) is 0 Å². The van der Waals surface area contributed by atoms with Crippen LogP contribution in [-0.4, -0.2) is 22.3 Å². The number of hydrogen-bond donors (Lipinski definition) is 2. The van der Waals surface area contributed by atoms with Gasteiger partial charge in [-0.15, -0.1) is 0 Å². The van der Waals surface area contributed by atoms with Gasteiger partial charge in [0.25, 0.3) is 0 Å². The van der Waals surface area contributed by atoms with Gasteiger partial charge in [0.05, 0.1) is 6.61 Å². The van der Waals surface area contributed by atoms with Gasteiger partial charge in [-0.2, -0.15) is 11.8 Å². The molecule has 18 heavy (non-hydrogen) atoms. The second kappa shape index (κ2) is 6.30. The molecule has 0 bridgehead atoms. The lowest BCUT2D eigenvalue weighted by molar-refractivity contribution is 0.342. The standard InChI is InChI=1S/C12H13FN2O2S/c13-9-2-1-3-11(6-9)17-4-5-18-8-10-7-14-12(16)15-10/h1-3,6-7H,4-5,8H2,(H2,14,15,16). The van der Waals surface area contributed by atoms with Gasteiger partial charge < -0.3 is 14.7 Å². The van der Waals surface area contributed by atoms with Crippen molar-refractivity contribution in [3.8, 4) is 5.75 Å². The van der Waals surface area contributed by atoms with E-state index >= 15 is 0 Å². The van der Waals surface area contributed by atoms with Crippen LogP contribution >= 0.6 is 11.8 Å². The molecule has 0 saturated heterocycles. The molecule has 4 nitrogen and oxygen atoms in total. The summed E-state index contributed by atoms with van der Waals surface area (Å²) in [7, 11) is 0. The first-order valence-electron chi connectivity index (χ1n) is 5.47. The van der Waals surface area contributed by atoms with Crippen LogP contribution in [0.15, 0.2) is 35.3 Å². The van der Waals surface area contributed by atoms with Crippen molar-refractivity contribution in [1.82, 2.24) is 9.97 Å². The Morgan fingerprint density at radius 2 is 2.28 bits per heavy atom. The number of hydrogen-bond acceptors (Lipinski definition) is 3. The van der Waals surface area contributed by atoms with Crippen molar-refractivity contribution >= 4 is 11.8 Å². The number of rotatable bonds is 6. The first kappa shape index (κ1) is 12.8. The van der Waals surface area contributed by atoms with Gasteiger partial charge in [0.1, 0.15) is 11.6 Å². The maximum absolute atomic E-state index is 12.8. The summed E-state index contributed by atoms with van der Waals surface area (Å²) in [5.41, 5.74) is 0.664. The van der Waals surface area contributed by atoms with Crippen molar-refractivity contribution in [2.24, 2.45) is 0 Å². The second-order valence-corrected chi connectivity index (χ2v) is 4.73. The molecule has 2 N–H and O–H groups in total. The lowest BCUT2D eigenvalue weighted by Crippen LogP contribution is -2.02. The summed E-state index contributed by atoms with van der Waals surface area (Å²) in [4.78, 5) is 16.0. The lowest BCUT2D eigenvalue weighted by Gasteiger charge is -2.05. The fourth-order valence-corrected chi connectivity index (χ4v) is 2.13. The monoisotopic (exact) mass is 268 g/mol. The topological polar surface area (TPSA) is 57.9 Å². The highest BCUT2D eigenvalue weighted by molar-refractivity contribution is 7.98. The van der Waals surface area contributed by atoms with E-state index < -0.39 is 0 Å². The van der Waals surface area contributed by atoms with E-state index in [4.69, 9.17) is 4.74 Å². The summed E-state index contributed by atoms with van der Waals surface area (Å²) in [5.74, 6) is 1.71. The zero-order valence-electron chi connectivity index (χ0n) is 9.61. The molecule has 0 unspecified atom stereocenters. The van der Waals surface area contributed by atoms with E-state index in [0.29, 0.717) is 18.1 Å².